The molecule has 0 aliphatic carbocycles. The lowest BCUT2D eigenvalue weighted by molar-refractivity contribution is 0.521. The van der Waals surface area contributed by atoms with Crippen molar-refractivity contribution in [2.45, 2.75) is 43.5 Å². The van der Waals surface area contributed by atoms with Crippen LogP contribution in [0.4, 0.5) is 10.1 Å². The van der Waals surface area contributed by atoms with Gasteiger partial charge in [0, 0.05) is 11.1 Å². The summed E-state index contributed by atoms with van der Waals surface area (Å²) in [5, 5.41) is 0.671. The molecule has 0 spiro atoms. The van der Waals surface area contributed by atoms with Crippen molar-refractivity contribution in [2.75, 3.05) is 4.31 Å². The van der Waals surface area contributed by atoms with E-state index in [9.17, 15) is 12.8 Å². The van der Waals surface area contributed by atoms with Crippen molar-refractivity contribution < 1.29 is 12.8 Å². The van der Waals surface area contributed by atoms with Gasteiger partial charge in [-0.05, 0) is 80.1 Å². The molecule has 3 aromatic rings. The smallest absolute Gasteiger partial charge is 0.263 e. The highest BCUT2D eigenvalue weighted by Gasteiger charge is 2.36. The molecule has 4 rings (SSSR count). The SMILES string of the molecule is Cc1ccc(S(=O)(=O)N2c3cc(F)ccc3CCC2CCc2ccc(Cl)cc2)cc1. The van der Waals surface area contributed by atoms with Gasteiger partial charge in [-0.15, -0.1) is 0 Å². The summed E-state index contributed by atoms with van der Waals surface area (Å²) in [7, 11) is -3.82. The topological polar surface area (TPSA) is 37.4 Å². The molecule has 30 heavy (non-hydrogen) atoms. The quantitative estimate of drug-likeness (QED) is 0.490. The van der Waals surface area contributed by atoms with E-state index in [1.54, 1.807) is 30.3 Å². The molecule has 0 fully saturated rings. The number of sulfonamides is 1. The molecule has 3 nitrogen and oxygen atoms in total. The zero-order valence-corrected chi connectivity index (χ0v) is 18.3. The van der Waals surface area contributed by atoms with Crippen LogP contribution < -0.4 is 4.31 Å². The number of anilines is 1. The predicted octanol–water partition coefficient (Wildman–Crippen LogP) is 5.93. The second kappa shape index (κ2) is 8.40. The minimum absolute atomic E-state index is 0.224. The molecule has 1 atom stereocenters. The number of hydrogen-bond acceptors (Lipinski definition) is 2. The van der Waals surface area contributed by atoms with Gasteiger partial charge in [0.2, 0.25) is 0 Å². The van der Waals surface area contributed by atoms with Gasteiger partial charge in [-0.25, -0.2) is 12.8 Å². The summed E-state index contributed by atoms with van der Waals surface area (Å²) in [6.45, 7) is 1.91. The molecule has 0 amide bonds. The molecule has 156 valence electrons. The molecule has 1 aliphatic rings. The Balaban J connectivity index is 1.71. The highest BCUT2D eigenvalue weighted by Crippen LogP contribution is 2.37. The van der Waals surface area contributed by atoms with Crippen LogP contribution in [0.25, 0.3) is 0 Å². The molecule has 6 heteroatoms. The maximum absolute atomic E-state index is 14.1. The second-order valence-corrected chi connectivity index (χ2v) is 10.00. The Morgan fingerprint density at radius 2 is 1.73 bits per heavy atom. The first-order valence-corrected chi connectivity index (χ1v) is 11.8. The van der Waals surface area contributed by atoms with Crippen molar-refractivity contribution in [1.82, 2.24) is 0 Å². The molecule has 1 unspecified atom stereocenters. The number of halogens is 2. The summed E-state index contributed by atoms with van der Waals surface area (Å²) in [6.07, 6.45) is 2.77. The zero-order chi connectivity index (χ0) is 21.3. The molecule has 0 radical (unpaired) electrons. The maximum Gasteiger partial charge on any atom is 0.264 e. The van der Waals surface area contributed by atoms with Gasteiger partial charge >= 0.3 is 0 Å². The summed E-state index contributed by atoms with van der Waals surface area (Å²) in [5.41, 5.74) is 3.38. The molecule has 3 aromatic carbocycles. The van der Waals surface area contributed by atoms with Gasteiger partial charge in [-0.2, -0.15) is 0 Å². The molecular weight excluding hydrogens is 421 g/mol. The molecule has 1 aliphatic heterocycles. The van der Waals surface area contributed by atoms with Gasteiger partial charge in [-0.3, -0.25) is 4.31 Å². The van der Waals surface area contributed by atoms with E-state index >= 15 is 0 Å². The van der Waals surface area contributed by atoms with E-state index < -0.39 is 15.8 Å². The molecule has 1 heterocycles. The van der Waals surface area contributed by atoms with E-state index in [0.29, 0.717) is 30.0 Å². The third kappa shape index (κ3) is 4.23. The summed E-state index contributed by atoms with van der Waals surface area (Å²) in [5.74, 6) is -0.434. The van der Waals surface area contributed by atoms with Crippen molar-refractivity contribution in [3.05, 3.63) is 94.3 Å². The number of nitrogens with zero attached hydrogens (tertiary/aromatic N) is 1. The first-order valence-electron chi connectivity index (χ1n) is 9.98. The first-order chi connectivity index (χ1) is 14.3. The predicted molar refractivity (Wildman–Crippen MR) is 119 cm³/mol. The largest absolute Gasteiger partial charge is 0.264 e. The van der Waals surface area contributed by atoms with Crippen molar-refractivity contribution >= 4 is 27.3 Å². The van der Waals surface area contributed by atoms with Crippen molar-refractivity contribution in [3.63, 3.8) is 0 Å². The standard InChI is InChI=1S/C24H23ClFNO2S/c1-17-2-14-23(15-3-17)30(28,29)27-22(12-6-18-4-9-20(25)10-5-18)13-8-19-7-11-21(26)16-24(19)27/h2-5,7,9-11,14-16,22H,6,8,12-13H2,1H3. The van der Waals surface area contributed by atoms with Crippen LogP contribution in [0.15, 0.2) is 71.6 Å². The van der Waals surface area contributed by atoms with Gasteiger partial charge < -0.3 is 0 Å². The lowest BCUT2D eigenvalue weighted by atomic mass is 9.94. The molecule has 0 saturated heterocycles. The van der Waals surface area contributed by atoms with Crippen molar-refractivity contribution in [1.29, 1.82) is 0 Å². The molecular formula is C24H23ClFNO2S. The van der Waals surface area contributed by atoms with Gasteiger partial charge in [0.25, 0.3) is 10.0 Å². The highest BCUT2D eigenvalue weighted by molar-refractivity contribution is 7.92. The van der Waals surface area contributed by atoms with Gasteiger partial charge in [-0.1, -0.05) is 47.5 Å². The van der Waals surface area contributed by atoms with Crippen LogP contribution in [0.1, 0.15) is 29.5 Å². The summed E-state index contributed by atoms with van der Waals surface area (Å²) >= 11 is 5.97. The van der Waals surface area contributed by atoms with E-state index in [-0.39, 0.29) is 10.9 Å². The summed E-state index contributed by atoms with van der Waals surface area (Å²) in [4.78, 5) is 0.224. The van der Waals surface area contributed by atoms with Crippen LogP contribution in [0.3, 0.4) is 0 Å². The number of rotatable bonds is 5. The molecule has 0 bridgehead atoms. The Morgan fingerprint density at radius 3 is 2.43 bits per heavy atom. The van der Waals surface area contributed by atoms with E-state index in [2.05, 4.69) is 0 Å². The van der Waals surface area contributed by atoms with E-state index in [0.717, 1.165) is 23.1 Å². The van der Waals surface area contributed by atoms with Crippen LogP contribution in [-0.4, -0.2) is 14.5 Å². The third-order valence-corrected chi connectivity index (χ3v) is 7.75. The Labute approximate surface area is 182 Å². The Bertz CT molecular complexity index is 1140. The van der Waals surface area contributed by atoms with E-state index in [1.165, 1.54) is 16.4 Å². The van der Waals surface area contributed by atoms with Crippen LogP contribution >= 0.6 is 11.6 Å². The average Bonchev–Trinajstić information content (AvgIpc) is 2.73. The fourth-order valence-electron chi connectivity index (χ4n) is 3.99. The summed E-state index contributed by atoms with van der Waals surface area (Å²) < 4.78 is 42.8. The number of benzene rings is 3. The lowest BCUT2D eigenvalue weighted by Crippen LogP contribution is -2.44. The lowest BCUT2D eigenvalue weighted by Gasteiger charge is -2.38. The minimum atomic E-state index is -3.82. The van der Waals surface area contributed by atoms with Crippen LogP contribution in [0.2, 0.25) is 5.02 Å². The van der Waals surface area contributed by atoms with Crippen LogP contribution in [0, 0.1) is 12.7 Å². The molecule has 0 saturated carbocycles. The van der Waals surface area contributed by atoms with E-state index in [4.69, 9.17) is 11.6 Å². The minimum Gasteiger partial charge on any atom is -0.263 e. The Kier molecular flexibility index (Phi) is 5.85. The van der Waals surface area contributed by atoms with Gasteiger partial charge in [0.05, 0.1) is 10.6 Å². The third-order valence-electron chi connectivity index (χ3n) is 5.62. The monoisotopic (exact) mass is 443 g/mol. The van der Waals surface area contributed by atoms with Crippen molar-refractivity contribution in [2.24, 2.45) is 0 Å². The van der Waals surface area contributed by atoms with Crippen LogP contribution in [-0.2, 0) is 22.9 Å². The Morgan fingerprint density at radius 1 is 1.03 bits per heavy atom. The number of hydrogen-bond donors (Lipinski definition) is 0. The number of aryl methyl sites for hydroxylation is 3. The van der Waals surface area contributed by atoms with Crippen molar-refractivity contribution in [3.8, 4) is 0 Å². The summed E-state index contributed by atoms with van der Waals surface area (Å²) in [6, 6.07) is 18.6. The van der Waals surface area contributed by atoms with Crippen LogP contribution in [0.5, 0.6) is 0 Å². The highest BCUT2D eigenvalue weighted by atomic mass is 35.5. The van der Waals surface area contributed by atoms with Gasteiger partial charge in [0.15, 0.2) is 0 Å². The first kappa shape index (κ1) is 20.9. The number of fused-ring (bicyclic) bond motifs is 1. The van der Waals surface area contributed by atoms with Gasteiger partial charge in [0.1, 0.15) is 5.82 Å². The zero-order valence-electron chi connectivity index (χ0n) is 16.7. The molecule has 0 N–H and O–H groups in total. The Hall–Kier alpha value is -2.37. The normalized spacial score (nSPS) is 16.4. The second-order valence-electron chi connectivity index (χ2n) is 7.74. The molecule has 0 aromatic heterocycles. The fourth-order valence-corrected chi connectivity index (χ4v) is 5.85. The maximum atomic E-state index is 14.1. The average molecular weight is 444 g/mol. The fraction of sp³-hybridized carbons (Fsp3) is 0.250. The van der Waals surface area contributed by atoms with E-state index in [1.807, 2.05) is 31.2 Å².